The summed E-state index contributed by atoms with van der Waals surface area (Å²) in [5.74, 6) is -0.347. The van der Waals surface area contributed by atoms with E-state index in [0.29, 0.717) is 21.9 Å². The molecule has 0 aliphatic heterocycles. The van der Waals surface area contributed by atoms with Crippen LogP contribution in [0, 0.1) is 13.8 Å². The fourth-order valence-corrected chi connectivity index (χ4v) is 3.17. The Morgan fingerprint density at radius 2 is 1.88 bits per heavy atom. The largest absolute Gasteiger partial charge is 0.495 e. The van der Waals surface area contributed by atoms with E-state index in [-0.39, 0.29) is 18.4 Å². The minimum atomic E-state index is -0.507. The number of rotatable bonds is 6. The summed E-state index contributed by atoms with van der Waals surface area (Å²) in [6.07, 6.45) is 0. The average Bonchev–Trinajstić information content (AvgIpc) is 2.86. The minimum absolute atomic E-state index is 0.240. The highest BCUT2D eigenvalue weighted by Crippen LogP contribution is 2.25. The van der Waals surface area contributed by atoms with E-state index in [9.17, 15) is 9.59 Å². The molecule has 0 amide bonds. The number of halogens is 1. The number of hydrogen-bond donors (Lipinski definition) is 0. The molecule has 1 aromatic heterocycles. The minimum Gasteiger partial charge on any atom is -0.495 e. The Hall–Kier alpha value is -2.27. The molecule has 5 nitrogen and oxygen atoms in total. The molecule has 0 atom stereocenters. The van der Waals surface area contributed by atoms with Crippen molar-refractivity contribution in [1.82, 2.24) is 4.57 Å². The van der Waals surface area contributed by atoms with Gasteiger partial charge in [0.25, 0.3) is 0 Å². The predicted octanol–water partition coefficient (Wildman–Crippen LogP) is 4.39. The van der Waals surface area contributed by atoms with E-state index < -0.39 is 5.97 Å². The molecule has 0 bridgehead atoms. The van der Waals surface area contributed by atoms with Gasteiger partial charge in [0.1, 0.15) is 5.75 Å². The number of nitrogens with zero attached hydrogens (tertiary/aromatic N) is 1. The summed E-state index contributed by atoms with van der Waals surface area (Å²) >= 11 is 6.02. The topological polar surface area (TPSA) is 57.5 Å². The van der Waals surface area contributed by atoms with E-state index in [2.05, 4.69) is 4.57 Å². The highest BCUT2D eigenvalue weighted by atomic mass is 35.5. The van der Waals surface area contributed by atoms with Crippen molar-refractivity contribution in [2.24, 2.45) is 0 Å². The number of esters is 1. The third-order valence-electron chi connectivity index (χ3n) is 4.03. The van der Waals surface area contributed by atoms with Crippen LogP contribution >= 0.6 is 11.6 Å². The Bertz CT molecular complexity index is 808. The molecule has 0 unspecified atom stereocenters. The molecule has 1 heterocycles. The van der Waals surface area contributed by atoms with Crippen molar-refractivity contribution in [3.05, 3.63) is 51.8 Å². The molecule has 0 aliphatic carbocycles. The van der Waals surface area contributed by atoms with Crippen LogP contribution in [0.15, 0.2) is 24.3 Å². The zero-order valence-corrected chi connectivity index (χ0v) is 15.8. The molecule has 1 aromatic carbocycles. The molecule has 0 aliphatic rings. The van der Waals surface area contributed by atoms with Gasteiger partial charge < -0.3 is 14.0 Å². The number of benzene rings is 1. The van der Waals surface area contributed by atoms with Gasteiger partial charge in [0.15, 0.2) is 12.4 Å². The smallest absolute Gasteiger partial charge is 0.340 e. The van der Waals surface area contributed by atoms with Gasteiger partial charge in [0, 0.05) is 23.0 Å². The summed E-state index contributed by atoms with van der Waals surface area (Å²) in [4.78, 5) is 24.5. The highest BCUT2D eigenvalue weighted by molar-refractivity contribution is 6.32. The molecule has 0 saturated carbocycles. The molecular weight excluding hydrogens is 342 g/mol. The molecule has 0 saturated heterocycles. The lowest BCUT2D eigenvalue weighted by Gasteiger charge is -2.13. The summed E-state index contributed by atoms with van der Waals surface area (Å²) in [5, 5.41) is 0.333. The SMILES string of the molecule is COc1ccc(C(=O)COC(=O)c2cc(C)n(C(C)C)c2C)cc1Cl. The Labute approximate surface area is 152 Å². The summed E-state index contributed by atoms with van der Waals surface area (Å²) in [6.45, 7) is 7.56. The van der Waals surface area contributed by atoms with E-state index >= 15 is 0 Å². The molecule has 134 valence electrons. The van der Waals surface area contributed by atoms with Crippen LogP contribution in [0.4, 0.5) is 0 Å². The van der Waals surface area contributed by atoms with Gasteiger partial charge in [-0.25, -0.2) is 4.79 Å². The van der Waals surface area contributed by atoms with Gasteiger partial charge in [-0.05, 0) is 52.0 Å². The van der Waals surface area contributed by atoms with Gasteiger partial charge in [-0.3, -0.25) is 4.79 Å². The zero-order chi connectivity index (χ0) is 18.7. The van der Waals surface area contributed by atoms with Gasteiger partial charge in [-0.1, -0.05) is 11.6 Å². The maximum atomic E-state index is 12.3. The quantitative estimate of drug-likeness (QED) is 0.564. The normalized spacial score (nSPS) is 10.8. The lowest BCUT2D eigenvalue weighted by molar-refractivity contribution is 0.0474. The van der Waals surface area contributed by atoms with Crippen LogP contribution < -0.4 is 4.74 Å². The number of carbonyl (C=O) groups is 2. The molecule has 2 aromatic rings. The second-order valence-corrected chi connectivity index (χ2v) is 6.50. The monoisotopic (exact) mass is 363 g/mol. The standard InChI is InChI=1S/C19H22ClNO4/c1-11(2)21-12(3)8-15(13(21)4)19(23)25-10-17(22)14-6-7-18(24-5)16(20)9-14/h6-9,11H,10H2,1-5H3. The lowest BCUT2D eigenvalue weighted by atomic mass is 10.1. The molecule has 25 heavy (non-hydrogen) atoms. The van der Waals surface area contributed by atoms with Crippen molar-refractivity contribution in [3.63, 3.8) is 0 Å². The van der Waals surface area contributed by atoms with Crippen LogP contribution in [0.1, 0.15) is 52.0 Å². The summed E-state index contributed by atoms with van der Waals surface area (Å²) in [6, 6.07) is 6.72. The fraction of sp³-hybridized carbons (Fsp3) is 0.368. The van der Waals surface area contributed by atoms with Crippen molar-refractivity contribution in [2.45, 2.75) is 33.7 Å². The van der Waals surface area contributed by atoms with Crippen LogP contribution in [0.25, 0.3) is 0 Å². The molecule has 0 spiro atoms. The molecule has 0 radical (unpaired) electrons. The van der Waals surface area contributed by atoms with Gasteiger partial charge in [-0.15, -0.1) is 0 Å². The van der Waals surface area contributed by atoms with Gasteiger partial charge in [0.05, 0.1) is 17.7 Å². The van der Waals surface area contributed by atoms with E-state index in [1.807, 2.05) is 27.7 Å². The molecule has 0 fully saturated rings. The summed E-state index contributed by atoms with van der Waals surface area (Å²) in [5.41, 5.74) is 2.66. The number of hydrogen-bond acceptors (Lipinski definition) is 4. The van der Waals surface area contributed by atoms with Crippen molar-refractivity contribution >= 4 is 23.4 Å². The second-order valence-electron chi connectivity index (χ2n) is 6.10. The zero-order valence-electron chi connectivity index (χ0n) is 15.1. The first-order valence-corrected chi connectivity index (χ1v) is 8.36. The first-order valence-electron chi connectivity index (χ1n) is 7.98. The Morgan fingerprint density at radius 1 is 1.20 bits per heavy atom. The van der Waals surface area contributed by atoms with Crippen LogP contribution in [0.3, 0.4) is 0 Å². The van der Waals surface area contributed by atoms with Crippen LogP contribution in [-0.2, 0) is 4.74 Å². The van der Waals surface area contributed by atoms with Gasteiger partial charge >= 0.3 is 5.97 Å². The molecule has 2 rings (SSSR count). The number of ether oxygens (including phenoxy) is 2. The van der Waals surface area contributed by atoms with Crippen molar-refractivity contribution in [1.29, 1.82) is 0 Å². The van der Waals surface area contributed by atoms with Crippen LogP contribution in [0.2, 0.25) is 5.02 Å². The number of ketones is 1. The Balaban J connectivity index is 2.08. The first-order chi connectivity index (χ1) is 11.8. The number of carbonyl (C=O) groups excluding carboxylic acids is 2. The lowest BCUT2D eigenvalue weighted by Crippen LogP contribution is -2.15. The van der Waals surface area contributed by atoms with Crippen LogP contribution in [0.5, 0.6) is 5.75 Å². The number of Topliss-reactive ketones (excluding diaryl/α,β-unsaturated/α-hetero) is 1. The maximum absolute atomic E-state index is 12.3. The van der Waals surface area contributed by atoms with Crippen LogP contribution in [-0.4, -0.2) is 30.0 Å². The predicted molar refractivity (Wildman–Crippen MR) is 96.9 cm³/mol. The summed E-state index contributed by atoms with van der Waals surface area (Å²) < 4.78 is 12.3. The third kappa shape index (κ3) is 4.04. The van der Waals surface area contributed by atoms with Gasteiger partial charge in [0.2, 0.25) is 0 Å². The molecular formula is C19H22ClNO4. The summed E-state index contributed by atoms with van der Waals surface area (Å²) in [7, 11) is 1.50. The van der Waals surface area contributed by atoms with E-state index in [1.54, 1.807) is 18.2 Å². The maximum Gasteiger partial charge on any atom is 0.340 e. The average molecular weight is 364 g/mol. The third-order valence-corrected chi connectivity index (χ3v) is 4.32. The van der Waals surface area contributed by atoms with Crippen molar-refractivity contribution in [3.8, 4) is 5.75 Å². The molecule has 6 heteroatoms. The molecule has 0 N–H and O–H groups in total. The highest BCUT2D eigenvalue weighted by Gasteiger charge is 2.19. The fourth-order valence-electron chi connectivity index (χ4n) is 2.91. The second kappa shape index (κ2) is 7.74. The van der Waals surface area contributed by atoms with Crippen molar-refractivity contribution < 1.29 is 19.1 Å². The van der Waals surface area contributed by atoms with Gasteiger partial charge in [-0.2, -0.15) is 0 Å². The van der Waals surface area contributed by atoms with E-state index in [0.717, 1.165) is 11.4 Å². The Morgan fingerprint density at radius 3 is 2.40 bits per heavy atom. The number of aromatic nitrogens is 1. The Kier molecular flexibility index (Phi) is 5.90. The first kappa shape index (κ1) is 19.1. The number of methoxy groups -OCH3 is 1. The van der Waals surface area contributed by atoms with E-state index in [1.165, 1.54) is 13.2 Å². The van der Waals surface area contributed by atoms with Crippen molar-refractivity contribution in [2.75, 3.05) is 13.7 Å². The van der Waals surface area contributed by atoms with E-state index in [4.69, 9.17) is 21.1 Å². The number of aryl methyl sites for hydroxylation is 1.